The van der Waals surface area contributed by atoms with E-state index in [0.29, 0.717) is 0 Å². The molecule has 9 heteroatoms. The molecule has 0 spiro atoms. The normalized spacial score (nSPS) is 22.3. The maximum Gasteiger partial charge on any atom is 0.352 e. The number of rotatable bonds is 4. The molecule has 1 aliphatic heterocycles. The maximum absolute atomic E-state index is 13.9. The Morgan fingerprint density at radius 1 is 1.44 bits per heavy atom. The first kappa shape index (κ1) is 17.5. The Kier molecular flexibility index (Phi) is 4.55. The van der Waals surface area contributed by atoms with E-state index < -0.39 is 41.5 Å². The van der Waals surface area contributed by atoms with E-state index in [1.54, 1.807) is 12.1 Å². The van der Waals surface area contributed by atoms with Crippen LogP contribution in [0.15, 0.2) is 51.9 Å². The summed E-state index contributed by atoms with van der Waals surface area (Å²) in [6.45, 7) is -0.411. The van der Waals surface area contributed by atoms with Gasteiger partial charge in [0.25, 0.3) is 0 Å². The van der Waals surface area contributed by atoms with E-state index in [1.165, 1.54) is 24.3 Å². The van der Waals surface area contributed by atoms with Crippen LogP contribution in [-0.2, 0) is 10.5 Å². The number of aliphatic hydroxyl groups is 1. The third kappa shape index (κ3) is 3.01. The summed E-state index contributed by atoms with van der Waals surface area (Å²) in [6.07, 6.45) is 2.67. The highest BCUT2D eigenvalue weighted by molar-refractivity contribution is 9.10. The van der Waals surface area contributed by atoms with Gasteiger partial charge >= 0.3 is 5.69 Å². The van der Waals surface area contributed by atoms with Crippen LogP contribution in [0.1, 0.15) is 10.4 Å². The largest absolute Gasteiger partial charge is 0.393 e. The molecule has 0 fully saturated rings. The number of carbonyl (C=O) groups is 1. The van der Waals surface area contributed by atoms with Crippen LogP contribution >= 0.6 is 15.9 Å². The number of hydrogen-bond acceptors (Lipinski definition) is 6. The van der Waals surface area contributed by atoms with Gasteiger partial charge in [0.1, 0.15) is 6.10 Å². The Hall–Kier alpha value is -2.36. The zero-order valence-corrected chi connectivity index (χ0v) is 14.3. The van der Waals surface area contributed by atoms with Gasteiger partial charge < -0.3 is 15.6 Å². The number of ketones is 1. The van der Waals surface area contributed by atoms with Gasteiger partial charge in [0.2, 0.25) is 11.5 Å². The van der Waals surface area contributed by atoms with Crippen molar-refractivity contribution in [2.24, 2.45) is 0 Å². The predicted octanol–water partition coefficient (Wildman–Crippen LogP) is 1.21. The van der Waals surface area contributed by atoms with Crippen molar-refractivity contribution in [2.45, 2.75) is 11.8 Å². The number of hydrogen-bond donors (Lipinski definition) is 2. The molecule has 7 nitrogen and oxygen atoms in total. The van der Waals surface area contributed by atoms with Crippen molar-refractivity contribution >= 4 is 27.5 Å². The molecule has 0 saturated carbocycles. The van der Waals surface area contributed by atoms with Gasteiger partial charge in [-0.05, 0) is 18.2 Å². The second-order valence-corrected chi connectivity index (χ2v) is 6.27. The van der Waals surface area contributed by atoms with Gasteiger partial charge in [-0.1, -0.05) is 34.1 Å². The summed E-state index contributed by atoms with van der Waals surface area (Å²) < 4.78 is 21.0. The summed E-state index contributed by atoms with van der Waals surface area (Å²) in [5, 5.41) is 9.31. The summed E-state index contributed by atoms with van der Waals surface area (Å²) in [5.41, 5.74) is 2.62. The molecule has 0 unspecified atom stereocenters. The molecule has 1 aliphatic rings. The van der Waals surface area contributed by atoms with Crippen LogP contribution in [0.3, 0.4) is 0 Å². The molecule has 1 aromatic carbocycles. The lowest BCUT2D eigenvalue weighted by Crippen LogP contribution is -2.48. The topological polar surface area (TPSA) is 107 Å². The van der Waals surface area contributed by atoms with Crippen molar-refractivity contribution in [3.8, 4) is 0 Å². The second-order valence-electron chi connectivity index (χ2n) is 5.36. The van der Waals surface area contributed by atoms with E-state index in [2.05, 4.69) is 20.9 Å². The van der Waals surface area contributed by atoms with E-state index in [-0.39, 0.29) is 5.56 Å². The summed E-state index contributed by atoms with van der Waals surface area (Å²) in [6, 6.07) is 6.36. The van der Waals surface area contributed by atoms with Crippen molar-refractivity contribution in [3.05, 3.63) is 69.0 Å². The number of aromatic nitrogens is 2. The minimum atomic E-state index is -1.96. The van der Waals surface area contributed by atoms with Crippen LogP contribution in [0.4, 0.5) is 10.2 Å². The lowest BCUT2D eigenvalue weighted by molar-refractivity contribution is -0.0708. The molecule has 0 saturated heterocycles. The molecule has 0 amide bonds. The molecular formula is C16H13BrFN3O4. The molecule has 0 radical (unpaired) electrons. The van der Waals surface area contributed by atoms with Gasteiger partial charge in [0.15, 0.2) is 11.6 Å². The molecule has 3 rings (SSSR count). The Labute approximate surface area is 149 Å². The molecule has 130 valence electrons. The number of nitrogen functional groups attached to an aromatic ring is 1. The fourth-order valence-corrected chi connectivity index (χ4v) is 2.78. The number of anilines is 1. The quantitative estimate of drug-likeness (QED) is 0.580. The number of Topliss-reactive ketones (excluding diaryl/α,β-unsaturated/α-hetero) is 1. The molecular weight excluding hydrogens is 397 g/mol. The maximum atomic E-state index is 13.9. The van der Waals surface area contributed by atoms with E-state index in [1.807, 2.05) is 0 Å². The molecule has 2 aromatic rings. The van der Waals surface area contributed by atoms with E-state index in [9.17, 15) is 19.1 Å². The van der Waals surface area contributed by atoms with Crippen molar-refractivity contribution in [1.29, 1.82) is 0 Å². The number of nitrogens with two attached hydrogens (primary N) is 1. The molecule has 2 atom stereocenters. The number of aliphatic hydroxyl groups excluding tert-OH is 1. The van der Waals surface area contributed by atoms with Gasteiger partial charge in [-0.25, -0.2) is 9.18 Å². The van der Waals surface area contributed by atoms with E-state index >= 15 is 0 Å². The monoisotopic (exact) mass is 409 g/mol. The lowest BCUT2D eigenvalue weighted by Gasteiger charge is -2.29. The van der Waals surface area contributed by atoms with Crippen LogP contribution in [0.5, 0.6) is 0 Å². The van der Waals surface area contributed by atoms with Crippen LogP contribution in [0.25, 0.3) is 0 Å². The predicted molar refractivity (Wildman–Crippen MR) is 90.4 cm³/mol. The third-order valence-electron chi connectivity index (χ3n) is 3.75. The first-order chi connectivity index (χ1) is 11.9. The number of carbonyl (C=O) groups excluding carboxylic acids is 1. The molecule has 1 aromatic heterocycles. The Bertz CT molecular complexity index is 913. The minimum Gasteiger partial charge on any atom is -0.393 e. The number of ether oxygens (including phenoxy) is 1. The van der Waals surface area contributed by atoms with Crippen molar-refractivity contribution in [3.63, 3.8) is 0 Å². The summed E-state index contributed by atoms with van der Waals surface area (Å²) in [7, 11) is 0. The number of halogens is 2. The van der Waals surface area contributed by atoms with Crippen LogP contribution in [0.2, 0.25) is 0 Å². The minimum absolute atomic E-state index is 0.232. The standard InChI is InChI=1S/C16H13BrFN3O4/c17-10-3-1-9(2-4-10)13(23)16(6-5-11(8-22)25-16)21-7-12(18)14(19)20-15(21)24/h1-7,11,22H,8H2,(H2,19,20,24)/t11-,16-/m0/s1. The van der Waals surface area contributed by atoms with E-state index in [0.717, 1.165) is 15.2 Å². The first-order valence-electron chi connectivity index (χ1n) is 7.21. The number of benzene rings is 1. The summed E-state index contributed by atoms with van der Waals surface area (Å²) in [5.74, 6) is -2.15. The smallest absolute Gasteiger partial charge is 0.352 e. The highest BCUT2D eigenvalue weighted by Gasteiger charge is 2.46. The highest BCUT2D eigenvalue weighted by atomic mass is 79.9. The molecule has 25 heavy (non-hydrogen) atoms. The fraction of sp³-hybridized carbons (Fsp3) is 0.188. The van der Waals surface area contributed by atoms with Crippen molar-refractivity contribution in [1.82, 2.24) is 9.55 Å². The van der Waals surface area contributed by atoms with E-state index in [4.69, 9.17) is 10.5 Å². The van der Waals surface area contributed by atoms with Crippen molar-refractivity contribution < 1.29 is 19.0 Å². The summed E-state index contributed by atoms with van der Waals surface area (Å²) in [4.78, 5) is 28.7. The number of nitrogens with zero attached hydrogens (tertiary/aromatic N) is 2. The second kappa shape index (κ2) is 6.51. The van der Waals surface area contributed by atoms with Crippen molar-refractivity contribution in [2.75, 3.05) is 12.3 Å². The van der Waals surface area contributed by atoms with Gasteiger partial charge in [-0.15, -0.1) is 0 Å². The molecule has 0 bridgehead atoms. The Balaban J connectivity index is 2.17. The zero-order chi connectivity index (χ0) is 18.2. The van der Waals surface area contributed by atoms with Gasteiger partial charge in [0.05, 0.1) is 12.8 Å². The van der Waals surface area contributed by atoms with Gasteiger partial charge in [0, 0.05) is 10.0 Å². The third-order valence-corrected chi connectivity index (χ3v) is 4.28. The SMILES string of the molecule is Nc1nc(=O)n([C@@]2(C(=O)c3ccc(Br)cc3)C=C[C@@H](CO)O2)cc1F. The lowest BCUT2D eigenvalue weighted by atomic mass is 10.0. The van der Waals surface area contributed by atoms with Crippen LogP contribution in [-0.4, -0.2) is 33.2 Å². The Morgan fingerprint density at radius 2 is 2.12 bits per heavy atom. The molecule has 0 aliphatic carbocycles. The average Bonchev–Trinajstić information content (AvgIpc) is 3.03. The van der Waals surface area contributed by atoms with Gasteiger partial charge in [-0.3, -0.25) is 9.36 Å². The van der Waals surface area contributed by atoms with Crippen LogP contribution < -0.4 is 11.4 Å². The summed E-state index contributed by atoms with van der Waals surface area (Å²) >= 11 is 3.27. The first-order valence-corrected chi connectivity index (χ1v) is 8.00. The fourth-order valence-electron chi connectivity index (χ4n) is 2.51. The average molecular weight is 410 g/mol. The van der Waals surface area contributed by atoms with Crippen LogP contribution in [0, 0.1) is 5.82 Å². The van der Waals surface area contributed by atoms with Gasteiger partial charge in [-0.2, -0.15) is 4.98 Å². The Morgan fingerprint density at radius 3 is 2.72 bits per heavy atom. The zero-order valence-electron chi connectivity index (χ0n) is 12.7. The highest BCUT2D eigenvalue weighted by Crippen LogP contribution is 2.32. The molecule has 3 N–H and O–H groups in total. The molecule has 2 heterocycles.